The molecule has 1 amide bonds. The van der Waals surface area contributed by atoms with Crippen molar-refractivity contribution in [2.75, 3.05) is 23.3 Å². The fourth-order valence-corrected chi connectivity index (χ4v) is 8.75. The third-order valence-corrected chi connectivity index (χ3v) is 11.7. The van der Waals surface area contributed by atoms with Crippen molar-refractivity contribution >= 4 is 50.0 Å². The summed E-state index contributed by atoms with van der Waals surface area (Å²) >= 11 is 3.14. The zero-order chi connectivity index (χ0) is 30.4. The molecule has 5 rings (SSSR count). The molecule has 3 aromatic rings. The highest BCUT2D eigenvalue weighted by atomic mass is 32.2. The van der Waals surface area contributed by atoms with E-state index in [9.17, 15) is 18.3 Å². The number of fused-ring (bicyclic) bond motifs is 1. The van der Waals surface area contributed by atoms with Crippen LogP contribution in [-0.4, -0.2) is 59.1 Å². The van der Waals surface area contributed by atoms with E-state index in [1.165, 1.54) is 26.6 Å². The number of aromatic nitrogens is 2. The largest absolute Gasteiger partial charge is 0.465 e. The highest BCUT2D eigenvalue weighted by molar-refractivity contribution is 8.00. The fraction of sp³-hybridized carbons (Fsp3) is 0.552. The van der Waals surface area contributed by atoms with Crippen LogP contribution < -0.4 is 10.2 Å². The van der Waals surface area contributed by atoms with Gasteiger partial charge in [-0.05, 0) is 48.4 Å². The molecule has 42 heavy (non-hydrogen) atoms. The van der Waals surface area contributed by atoms with Crippen molar-refractivity contribution in [1.29, 1.82) is 0 Å². The van der Waals surface area contributed by atoms with Crippen LogP contribution in [0.25, 0.3) is 0 Å². The normalized spacial score (nSPS) is 20.1. The van der Waals surface area contributed by atoms with Crippen LogP contribution in [0.1, 0.15) is 71.6 Å². The lowest BCUT2D eigenvalue weighted by Gasteiger charge is -2.33. The van der Waals surface area contributed by atoms with E-state index in [0.717, 1.165) is 33.5 Å². The van der Waals surface area contributed by atoms with Gasteiger partial charge in [-0.25, -0.2) is 23.2 Å². The van der Waals surface area contributed by atoms with Crippen LogP contribution in [0.15, 0.2) is 44.1 Å². The Morgan fingerprint density at radius 1 is 1.19 bits per heavy atom. The summed E-state index contributed by atoms with van der Waals surface area (Å²) in [6.45, 7) is 13.0. The number of sulfonamides is 1. The molecular weight excluding hydrogens is 595 g/mol. The topological polar surface area (TPSA) is 129 Å². The van der Waals surface area contributed by atoms with Crippen LogP contribution in [0.4, 0.5) is 15.6 Å². The summed E-state index contributed by atoms with van der Waals surface area (Å²) in [4.78, 5) is 22.5. The second-order valence-electron chi connectivity index (χ2n) is 13.0. The van der Waals surface area contributed by atoms with Crippen molar-refractivity contribution in [3.63, 3.8) is 0 Å². The van der Waals surface area contributed by atoms with E-state index in [4.69, 9.17) is 4.42 Å². The molecule has 1 saturated heterocycles. The standard InChI is InChI=1S/C29H39N5O5S3/c1-28(2,3)22-13-18-12-20(9-10-21(18)34(22)27(35)36)42(37,38)33-11-7-8-19(16-33)32-26-31-15-25(41-26)40-17-24-30-14-23(39-24)29(4,5)6/h9-10,12,14-15,19,22H,7-8,11,13,16-17H2,1-6H3,(H,31,32)(H,35,36). The number of thioether (sulfide) groups is 1. The molecule has 4 heterocycles. The van der Waals surface area contributed by atoms with E-state index in [0.29, 0.717) is 36.8 Å². The number of amides is 1. The summed E-state index contributed by atoms with van der Waals surface area (Å²) in [5, 5.41) is 14.1. The van der Waals surface area contributed by atoms with Gasteiger partial charge in [0.05, 0.1) is 32.9 Å². The Balaban J connectivity index is 1.23. The van der Waals surface area contributed by atoms with Gasteiger partial charge in [-0.15, -0.1) is 11.8 Å². The lowest BCUT2D eigenvalue weighted by atomic mass is 9.84. The van der Waals surface area contributed by atoms with Gasteiger partial charge >= 0.3 is 6.09 Å². The molecule has 2 unspecified atom stereocenters. The molecular formula is C29H39N5O5S3. The van der Waals surface area contributed by atoms with Gasteiger partial charge in [0, 0.05) is 30.6 Å². The number of thiazole rings is 1. The maximum absolute atomic E-state index is 13.7. The number of carbonyl (C=O) groups is 1. The van der Waals surface area contributed by atoms with Gasteiger partial charge in [0.15, 0.2) is 5.13 Å². The third-order valence-electron chi connectivity index (χ3n) is 7.71. The van der Waals surface area contributed by atoms with Crippen molar-refractivity contribution < 1.29 is 22.7 Å². The van der Waals surface area contributed by atoms with Crippen molar-refractivity contribution in [3.8, 4) is 0 Å². The van der Waals surface area contributed by atoms with Crippen molar-refractivity contribution in [2.45, 2.75) is 93.2 Å². The predicted molar refractivity (Wildman–Crippen MR) is 166 cm³/mol. The maximum Gasteiger partial charge on any atom is 0.412 e. The molecule has 0 saturated carbocycles. The van der Waals surface area contributed by atoms with Crippen LogP contribution in [0, 0.1) is 5.41 Å². The number of benzene rings is 1. The number of piperidine rings is 1. The predicted octanol–water partition coefficient (Wildman–Crippen LogP) is 6.44. The van der Waals surface area contributed by atoms with Gasteiger partial charge in [0.1, 0.15) is 5.76 Å². The molecule has 0 bridgehead atoms. The molecule has 0 radical (unpaired) electrons. The summed E-state index contributed by atoms with van der Waals surface area (Å²) in [7, 11) is -3.75. The summed E-state index contributed by atoms with van der Waals surface area (Å²) in [5.74, 6) is 2.14. The zero-order valence-electron chi connectivity index (χ0n) is 24.9. The highest BCUT2D eigenvalue weighted by Crippen LogP contribution is 2.41. The monoisotopic (exact) mass is 633 g/mol. The molecule has 2 atom stereocenters. The minimum Gasteiger partial charge on any atom is -0.465 e. The third kappa shape index (κ3) is 6.48. The molecule has 2 aromatic heterocycles. The number of rotatable bonds is 7. The molecule has 228 valence electrons. The summed E-state index contributed by atoms with van der Waals surface area (Å²) in [6, 6.07) is 4.50. The highest BCUT2D eigenvalue weighted by Gasteiger charge is 2.41. The first kappa shape index (κ1) is 30.8. The van der Waals surface area contributed by atoms with Crippen LogP contribution in [0.3, 0.4) is 0 Å². The molecule has 13 heteroatoms. The lowest BCUT2D eigenvalue weighted by Crippen LogP contribution is -2.45. The molecule has 10 nitrogen and oxygen atoms in total. The fourth-order valence-electron chi connectivity index (χ4n) is 5.37. The molecule has 0 aliphatic carbocycles. The smallest absolute Gasteiger partial charge is 0.412 e. The molecule has 1 fully saturated rings. The minimum atomic E-state index is -3.75. The Kier molecular flexibility index (Phi) is 8.42. The summed E-state index contributed by atoms with van der Waals surface area (Å²) in [5.41, 5.74) is 0.935. The average Bonchev–Trinajstić information content (AvgIpc) is 3.65. The van der Waals surface area contributed by atoms with Crippen LogP contribution in [0.5, 0.6) is 0 Å². The first-order chi connectivity index (χ1) is 19.6. The molecule has 2 aliphatic rings. The zero-order valence-corrected chi connectivity index (χ0v) is 27.3. The van der Waals surface area contributed by atoms with E-state index >= 15 is 0 Å². The van der Waals surface area contributed by atoms with Crippen molar-refractivity contribution in [1.82, 2.24) is 14.3 Å². The van der Waals surface area contributed by atoms with Gasteiger partial charge in [-0.3, -0.25) is 4.90 Å². The Bertz CT molecular complexity index is 1550. The average molecular weight is 634 g/mol. The van der Waals surface area contributed by atoms with E-state index in [2.05, 4.69) is 36.1 Å². The number of anilines is 2. The van der Waals surface area contributed by atoms with Crippen LogP contribution in [-0.2, 0) is 27.6 Å². The Hall–Kier alpha value is -2.61. The van der Waals surface area contributed by atoms with Crippen LogP contribution >= 0.6 is 23.1 Å². The van der Waals surface area contributed by atoms with Crippen LogP contribution in [0.2, 0.25) is 0 Å². The second-order valence-corrected chi connectivity index (χ2v) is 17.3. The molecule has 1 aromatic carbocycles. The first-order valence-corrected chi connectivity index (χ1v) is 17.3. The SMILES string of the molecule is CC(C)(C)c1cnc(CSc2cnc(NC3CCCN(S(=O)(=O)c4ccc5c(c4)CC(C(C)(C)C)N5C(=O)O)C3)s2)o1. The number of oxazole rings is 1. The Labute approximate surface area is 256 Å². The van der Waals surface area contributed by atoms with E-state index in [1.54, 1.807) is 30.1 Å². The van der Waals surface area contributed by atoms with Gasteiger partial charge < -0.3 is 14.8 Å². The number of hydrogen-bond acceptors (Lipinski definition) is 9. The number of nitrogens with one attached hydrogen (secondary N) is 1. The van der Waals surface area contributed by atoms with Crippen molar-refractivity contribution in [2.24, 2.45) is 5.41 Å². The van der Waals surface area contributed by atoms with E-state index < -0.39 is 16.1 Å². The number of nitrogens with zero attached hydrogens (tertiary/aromatic N) is 4. The van der Waals surface area contributed by atoms with E-state index in [-0.39, 0.29) is 27.8 Å². The summed E-state index contributed by atoms with van der Waals surface area (Å²) in [6.07, 6.45) is 4.63. The Morgan fingerprint density at radius 3 is 2.62 bits per heavy atom. The van der Waals surface area contributed by atoms with Gasteiger partial charge in [-0.1, -0.05) is 52.9 Å². The molecule has 2 aliphatic heterocycles. The first-order valence-electron chi connectivity index (χ1n) is 14.1. The quantitative estimate of drug-likeness (QED) is 0.282. The molecule has 0 spiro atoms. The lowest BCUT2D eigenvalue weighted by molar-refractivity contribution is 0.191. The summed E-state index contributed by atoms with van der Waals surface area (Å²) < 4.78 is 35.8. The number of carboxylic acid groups (broad SMARTS) is 1. The van der Waals surface area contributed by atoms with Crippen molar-refractivity contribution in [3.05, 3.63) is 47.8 Å². The number of hydrogen-bond donors (Lipinski definition) is 2. The van der Waals surface area contributed by atoms with Gasteiger partial charge in [-0.2, -0.15) is 4.31 Å². The minimum absolute atomic E-state index is 0.0687. The second kappa shape index (κ2) is 11.5. The van der Waals surface area contributed by atoms with Gasteiger partial charge in [0.25, 0.3) is 0 Å². The Morgan fingerprint density at radius 2 is 1.95 bits per heavy atom. The van der Waals surface area contributed by atoms with E-state index in [1.807, 2.05) is 27.0 Å². The van der Waals surface area contributed by atoms with Gasteiger partial charge in [0.2, 0.25) is 15.9 Å². The maximum atomic E-state index is 13.7. The molecule has 2 N–H and O–H groups in total.